The summed E-state index contributed by atoms with van der Waals surface area (Å²) in [4.78, 5) is 33.8. The van der Waals surface area contributed by atoms with Crippen molar-refractivity contribution >= 4 is 17.9 Å². The van der Waals surface area contributed by atoms with Gasteiger partial charge in [0, 0.05) is 12.5 Å². The van der Waals surface area contributed by atoms with E-state index >= 15 is 0 Å². The highest BCUT2D eigenvalue weighted by atomic mass is 16.6. The quantitative estimate of drug-likeness (QED) is 0.397. The standard InChI is InChI=1S/C15H21NO7/c1-6(3-10-13(19)7(2)15(22)23-10)9-5-16-12(14(20)21)8(9)4-11(17)18/h3,7-10,12-13,16,19H,4-5H2,1-2H3,(H,17,18)(H,20,21)/b6-3-/t7-,8+,9-,10+,12+,13+/m1/s1. The molecular weight excluding hydrogens is 306 g/mol. The van der Waals surface area contributed by atoms with Crippen molar-refractivity contribution in [2.45, 2.75) is 38.5 Å². The second kappa shape index (κ2) is 6.67. The number of carbonyl (C=O) groups is 3. The molecule has 2 fully saturated rings. The van der Waals surface area contributed by atoms with E-state index in [0.29, 0.717) is 12.1 Å². The number of cyclic esters (lactones) is 1. The zero-order valence-electron chi connectivity index (χ0n) is 12.9. The molecule has 0 aromatic heterocycles. The van der Waals surface area contributed by atoms with E-state index in [4.69, 9.17) is 9.84 Å². The fraction of sp³-hybridized carbons (Fsp3) is 0.667. The number of hydrogen-bond acceptors (Lipinski definition) is 6. The van der Waals surface area contributed by atoms with Gasteiger partial charge in [0.1, 0.15) is 18.2 Å². The molecular formula is C15H21NO7. The Balaban J connectivity index is 2.18. The van der Waals surface area contributed by atoms with E-state index in [2.05, 4.69) is 5.32 Å². The van der Waals surface area contributed by atoms with Crippen molar-refractivity contribution in [3.05, 3.63) is 11.6 Å². The largest absolute Gasteiger partial charge is 0.481 e. The van der Waals surface area contributed by atoms with Crippen molar-refractivity contribution in [3.8, 4) is 0 Å². The molecule has 2 aliphatic heterocycles. The van der Waals surface area contributed by atoms with Gasteiger partial charge in [-0.05, 0) is 25.8 Å². The molecule has 0 radical (unpaired) electrons. The number of aliphatic hydroxyl groups is 1. The van der Waals surface area contributed by atoms with Gasteiger partial charge in [-0.2, -0.15) is 0 Å². The van der Waals surface area contributed by atoms with Crippen LogP contribution < -0.4 is 5.32 Å². The molecule has 0 aromatic rings. The lowest BCUT2D eigenvalue weighted by atomic mass is 9.82. The number of carboxylic acid groups (broad SMARTS) is 2. The van der Waals surface area contributed by atoms with E-state index in [1.807, 2.05) is 0 Å². The Morgan fingerprint density at radius 1 is 1.39 bits per heavy atom. The first kappa shape index (κ1) is 17.4. The highest BCUT2D eigenvalue weighted by Crippen LogP contribution is 2.33. The number of rotatable bonds is 5. The van der Waals surface area contributed by atoms with Gasteiger partial charge in [-0.3, -0.25) is 14.4 Å². The summed E-state index contributed by atoms with van der Waals surface area (Å²) in [7, 11) is 0. The molecule has 0 amide bonds. The van der Waals surface area contributed by atoms with Gasteiger partial charge >= 0.3 is 17.9 Å². The van der Waals surface area contributed by atoms with E-state index in [1.165, 1.54) is 0 Å². The van der Waals surface area contributed by atoms with Crippen LogP contribution in [-0.2, 0) is 19.1 Å². The van der Waals surface area contributed by atoms with E-state index in [-0.39, 0.29) is 12.3 Å². The normalized spacial score (nSPS) is 37.7. The second-order valence-electron chi connectivity index (χ2n) is 6.18. The minimum absolute atomic E-state index is 0.275. The van der Waals surface area contributed by atoms with Crippen LogP contribution in [0.5, 0.6) is 0 Å². The number of hydrogen-bond donors (Lipinski definition) is 4. The smallest absolute Gasteiger partial charge is 0.321 e. The van der Waals surface area contributed by atoms with Gasteiger partial charge in [-0.1, -0.05) is 5.57 Å². The minimum atomic E-state index is -1.09. The number of carboxylic acids is 2. The Labute approximate surface area is 133 Å². The number of aliphatic hydroxyl groups excluding tert-OH is 1. The summed E-state index contributed by atoms with van der Waals surface area (Å²) in [5.41, 5.74) is 0.707. The van der Waals surface area contributed by atoms with Crippen molar-refractivity contribution in [1.82, 2.24) is 5.32 Å². The lowest BCUT2D eigenvalue weighted by Crippen LogP contribution is -2.37. The van der Waals surface area contributed by atoms with Gasteiger partial charge in [0.25, 0.3) is 0 Å². The summed E-state index contributed by atoms with van der Waals surface area (Å²) < 4.78 is 5.09. The Hall–Kier alpha value is -1.93. The molecule has 0 aromatic carbocycles. The average molecular weight is 327 g/mol. The first-order chi connectivity index (χ1) is 10.7. The summed E-state index contributed by atoms with van der Waals surface area (Å²) in [6, 6.07) is -0.936. The summed E-state index contributed by atoms with van der Waals surface area (Å²) in [5.74, 6) is -4.17. The number of aliphatic carboxylic acids is 2. The molecule has 128 valence electrons. The molecule has 0 bridgehead atoms. The number of nitrogens with one attached hydrogen (secondary N) is 1. The fourth-order valence-corrected chi connectivity index (χ4v) is 3.27. The fourth-order valence-electron chi connectivity index (χ4n) is 3.27. The molecule has 2 aliphatic rings. The van der Waals surface area contributed by atoms with Gasteiger partial charge in [-0.25, -0.2) is 0 Å². The summed E-state index contributed by atoms with van der Waals surface area (Å²) in [5, 5.41) is 31.0. The van der Waals surface area contributed by atoms with E-state index in [1.54, 1.807) is 19.9 Å². The van der Waals surface area contributed by atoms with Gasteiger partial charge in [0.2, 0.25) is 0 Å². The van der Waals surface area contributed by atoms with Crippen LogP contribution >= 0.6 is 0 Å². The third-order valence-corrected chi connectivity index (χ3v) is 4.66. The van der Waals surface area contributed by atoms with Crippen molar-refractivity contribution < 1.29 is 34.4 Å². The van der Waals surface area contributed by atoms with Crippen molar-refractivity contribution in [2.24, 2.45) is 17.8 Å². The van der Waals surface area contributed by atoms with Crippen LogP contribution in [0.15, 0.2) is 11.6 Å². The third kappa shape index (κ3) is 3.53. The molecule has 4 N–H and O–H groups in total. The first-order valence-electron chi connectivity index (χ1n) is 7.47. The zero-order valence-corrected chi connectivity index (χ0v) is 12.9. The predicted molar refractivity (Wildman–Crippen MR) is 77.5 cm³/mol. The molecule has 23 heavy (non-hydrogen) atoms. The van der Waals surface area contributed by atoms with Crippen molar-refractivity contribution in [2.75, 3.05) is 6.54 Å². The molecule has 8 heteroatoms. The average Bonchev–Trinajstić information content (AvgIpc) is 2.96. The Kier molecular flexibility index (Phi) is 5.06. The molecule has 8 nitrogen and oxygen atoms in total. The van der Waals surface area contributed by atoms with Crippen LogP contribution in [0.2, 0.25) is 0 Å². The molecule has 6 atom stereocenters. The Morgan fingerprint density at radius 2 is 2.04 bits per heavy atom. The van der Waals surface area contributed by atoms with E-state index in [9.17, 15) is 24.6 Å². The lowest BCUT2D eigenvalue weighted by molar-refractivity contribution is -0.143. The predicted octanol–water partition coefficient (Wildman–Crippen LogP) is -0.381. The second-order valence-corrected chi connectivity index (χ2v) is 6.18. The molecule has 2 rings (SSSR count). The van der Waals surface area contributed by atoms with Gasteiger partial charge < -0.3 is 25.4 Å². The number of esters is 1. The molecule has 0 saturated carbocycles. The van der Waals surface area contributed by atoms with Crippen LogP contribution in [0.3, 0.4) is 0 Å². The van der Waals surface area contributed by atoms with Crippen LogP contribution in [0, 0.1) is 17.8 Å². The van der Waals surface area contributed by atoms with Crippen LogP contribution in [-0.4, -0.2) is 58.0 Å². The molecule has 0 spiro atoms. The topological polar surface area (TPSA) is 133 Å². The van der Waals surface area contributed by atoms with Gasteiger partial charge in [0.05, 0.1) is 12.3 Å². The summed E-state index contributed by atoms with van der Waals surface area (Å²) in [6.07, 6.45) is -0.423. The number of carbonyl (C=O) groups excluding carboxylic acids is 1. The van der Waals surface area contributed by atoms with Crippen LogP contribution in [0.4, 0.5) is 0 Å². The maximum Gasteiger partial charge on any atom is 0.321 e. The Bertz CT molecular complexity index is 544. The molecule has 2 heterocycles. The minimum Gasteiger partial charge on any atom is -0.481 e. The van der Waals surface area contributed by atoms with Crippen molar-refractivity contribution in [1.29, 1.82) is 0 Å². The zero-order chi connectivity index (χ0) is 17.3. The van der Waals surface area contributed by atoms with Crippen LogP contribution in [0.1, 0.15) is 20.3 Å². The highest BCUT2D eigenvalue weighted by molar-refractivity contribution is 5.77. The molecule has 0 unspecified atom stereocenters. The first-order valence-corrected chi connectivity index (χ1v) is 7.47. The molecule has 0 aliphatic carbocycles. The monoisotopic (exact) mass is 327 g/mol. The van der Waals surface area contributed by atoms with Crippen molar-refractivity contribution in [3.63, 3.8) is 0 Å². The van der Waals surface area contributed by atoms with Crippen LogP contribution in [0.25, 0.3) is 0 Å². The number of ether oxygens (including phenoxy) is 1. The summed E-state index contributed by atoms with van der Waals surface area (Å²) in [6.45, 7) is 3.62. The maximum atomic E-state index is 11.5. The SMILES string of the molecule is C/C(=C/[C@@H]1OC(=O)[C@H](C)[C@@H]1O)[C@H]1CN[C@H](C(=O)O)[C@H]1CC(=O)O. The van der Waals surface area contributed by atoms with E-state index in [0.717, 1.165) is 0 Å². The third-order valence-electron chi connectivity index (χ3n) is 4.66. The molecule has 2 saturated heterocycles. The summed E-state index contributed by atoms with van der Waals surface area (Å²) >= 11 is 0. The van der Waals surface area contributed by atoms with Gasteiger partial charge in [-0.15, -0.1) is 0 Å². The van der Waals surface area contributed by atoms with E-state index < -0.39 is 48.0 Å². The maximum absolute atomic E-state index is 11.5. The van der Waals surface area contributed by atoms with Gasteiger partial charge in [0.15, 0.2) is 0 Å². The Morgan fingerprint density at radius 3 is 2.52 bits per heavy atom. The highest BCUT2D eigenvalue weighted by Gasteiger charge is 2.43. The lowest BCUT2D eigenvalue weighted by Gasteiger charge is -2.22.